The molecule has 1 heterocycles. The summed E-state index contributed by atoms with van der Waals surface area (Å²) >= 11 is 0. The number of ether oxygens (including phenoxy) is 1. The van der Waals surface area contributed by atoms with Crippen LogP contribution in [0.25, 0.3) is 11.0 Å². The quantitative estimate of drug-likeness (QED) is 0.729. The van der Waals surface area contributed by atoms with Crippen molar-refractivity contribution in [1.82, 2.24) is 15.3 Å². The summed E-state index contributed by atoms with van der Waals surface area (Å²) in [5, 5.41) is 21.8. The number of nitrogens with one attached hydrogen (secondary N) is 1. The van der Waals surface area contributed by atoms with Crippen LogP contribution in [0, 0.1) is 0 Å². The van der Waals surface area contributed by atoms with Gasteiger partial charge in [-0.15, -0.1) is 0 Å². The predicted octanol–water partition coefficient (Wildman–Crippen LogP) is 1.29. The van der Waals surface area contributed by atoms with E-state index in [1.807, 2.05) is 6.92 Å². The van der Waals surface area contributed by atoms with Crippen molar-refractivity contribution in [2.24, 2.45) is 0 Å². The first-order chi connectivity index (χ1) is 11.2. The van der Waals surface area contributed by atoms with Gasteiger partial charge in [0.2, 0.25) is 0 Å². The fourth-order valence-electron chi connectivity index (χ4n) is 2.39. The van der Waals surface area contributed by atoms with Crippen LogP contribution in [0.3, 0.4) is 0 Å². The van der Waals surface area contributed by atoms with Crippen molar-refractivity contribution in [2.75, 3.05) is 0 Å². The zero-order valence-electron chi connectivity index (χ0n) is 14.3. The lowest BCUT2D eigenvalue weighted by molar-refractivity contribution is 0.0502. The molecule has 8 heteroatoms. The van der Waals surface area contributed by atoms with Gasteiger partial charge in [0.05, 0.1) is 17.1 Å². The summed E-state index contributed by atoms with van der Waals surface area (Å²) in [6.07, 6.45) is 3.13. The van der Waals surface area contributed by atoms with Crippen molar-refractivity contribution in [3.05, 3.63) is 30.1 Å². The molecule has 24 heavy (non-hydrogen) atoms. The largest absolute Gasteiger partial charge is 0.488 e. The summed E-state index contributed by atoms with van der Waals surface area (Å²) in [6.45, 7) is 7.28. The first-order valence-corrected chi connectivity index (χ1v) is 7.81. The Bertz CT molecular complexity index is 731. The van der Waals surface area contributed by atoms with Crippen molar-refractivity contribution in [1.29, 1.82) is 0 Å². The Balaban J connectivity index is 2.41. The normalized spacial score (nSPS) is 12.8. The monoisotopic (exact) mass is 331 g/mol. The number of amides is 1. The van der Waals surface area contributed by atoms with E-state index in [1.165, 1.54) is 6.20 Å². The van der Waals surface area contributed by atoms with Crippen molar-refractivity contribution in [2.45, 2.75) is 45.8 Å². The van der Waals surface area contributed by atoms with E-state index in [1.54, 1.807) is 39.1 Å². The molecule has 2 aromatic rings. The van der Waals surface area contributed by atoms with Crippen LogP contribution in [0.2, 0.25) is 0 Å². The van der Waals surface area contributed by atoms with Crippen molar-refractivity contribution in [3.8, 4) is 0 Å². The summed E-state index contributed by atoms with van der Waals surface area (Å²) in [7, 11) is -1.63. The van der Waals surface area contributed by atoms with Gasteiger partial charge in [-0.3, -0.25) is 9.97 Å². The van der Waals surface area contributed by atoms with Gasteiger partial charge < -0.3 is 20.1 Å². The van der Waals surface area contributed by atoms with Crippen LogP contribution in [0.15, 0.2) is 24.5 Å². The second-order valence-electron chi connectivity index (χ2n) is 6.51. The minimum atomic E-state index is -1.63. The number of benzene rings is 1. The maximum Gasteiger partial charge on any atom is 0.488 e. The SMILES string of the molecule is CC[C@@H](NC(=O)OC(C)(C)C)c1cc(B(O)O)cc2nccnc12. The maximum absolute atomic E-state index is 12.1. The molecule has 3 N–H and O–H groups in total. The van der Waals surface area contributed by atoms with Crippen molar-refractivity contribution < 1.29 is 19.6 Å². The number of carbonyl (C=O) groups excluding carboxylic acids is 1. The summed E-state index contributed by atoms with van der Waals surface area (Å²) < 4.78 is 5.30. The highest BCUT2D eigenvalue weighted by Crippen LogP contribution is 2.23. The molecule has 0 spiro atoms. The third-order valence-electron chi connectivity index (χ3n) is 3.40. The van der Waals surface area contributed by atoms with Gasteiger partial charge in [-0.2, -0.15) is 0 Å². The average molecular weight is 331 g/mol. The highest BCUT2D eigenvalue weighted by molar-refractivity contribution is 6.59. The Morgan fingerprint density at radius 3 is 2.54 bits per heavy atom. The Hall–Kier alpha value is -2.19. The Morgan fingerprint density at radius 2 is 1.96 bits per heavy atom. The van der Waals surface area contributed by atoms with Gasteiger partial charge in [-0.05, 0) is 38.7 Å². The molecular formula is C16H22BN3O4. The molecule has 1 aromatic heterocycles. The topological polar surface area (TPSA) is 105 Å². The van der Waals surface area contributed by atoms with Crippen LogP contribution in [-0.4, -0.2) is 38.8 Å². The molecule has 128 valence electrons. The lowest BCUT2D eigenvalue weighted by Crippen LogP contribution is -2.36. The Labute approximate surface area is 141 Å². The zero-order valence-corrected chi connectivity index (χ0v) is 14.3. The molecule has 0 saturated carbocycles. The zero-order chi connectivity index (χ0) is 17.9. The number of aromatic nitrogens is 2. The number of carbonyl (C=O) groups is 1. The molecule has 7 nitrogen and oxygen atoms in total. The lowest BCUT2D eigenvalue weighted by Gasteiger charge is -2.24. The molecule has 0 bridgehead atoms. The van der Waals surface area contributed by atoms with Gasteiger partial charge in [0.1, 0.15) is 5.60 Å². The standard InChI is InChI=1S/C16H22BN3O4/c1-5-12(20-15(21)24-16(2,3)4)11-8-10(17(22)23)9-13-14(11)19-7-6-18-13/h6-9,12,22-23H,5H2,1-4H3,(H,20,21)/t12-/m1/s1. The molecule has 0 aliphatic rings. The van der Waals surface area contributed by atoms with Gasteiger partial charge in [-0.25, -0.2) is 4.79 Å². The Morgan fingerprint density at radius 1 is 1.29 bits per heavy atom. The first-order valence-electron chi connectivity index (χ1n) is 7.81. The number of alkyl carbamates (subject to hydrolysis) is 1. The van der Waals surface area contributed by atoms with Gasteiger partial charge in [0.25, 0.3) is 0 Å². The summed E-state index contributed by atoms with van der Waals surface area (Å²) in [6, 6.07) is 2.79. The fraction of sp³-hybridized carbons (Fsp3) is 0.438. The Kier molecular flexibility index (Phi) is 5.41. The lowest BCUT2D eigenvalue weighted by atomic mass is 9.78. The van der Waals surface area contributed by atoms with Gasteiger partial charge >= 0.3 is 13.2 Å². The summed E-state index contributed by atoms with van der Waals surface area (Å²) in [5.41, 5.74) is 1.49. The van der Waals surface area contributed by atoms with Crippen LogP contribution in [0.1, 0.15) is 45.7 Å². The van der Waals surface area contributed by atoms with E-state index in [2.05, 4.69) is 15.3 Å². The van der Waals surface area contributed by atoms with Gasteiger partial charge in [0.15, 0.2) is 0 Å². The average Bonchev–Trinajstić information content (AvgIpc) is 2.49. The van der Waals surface area contributed by atoms with Gasteiger partial charge in [0, 0.05) is 18.0 Å². The van der Waals surface area contributed by atoms with E-state index in [9.17, 15) is 14.8 Å². The van der Waals surface area contributed by atoms with E-state index in [-0.39, 0.29) is 0 Å². The molecule has 2 rings (SSSR count). The highest BCUT2D eigenvalue weighted by atomic mass is 16.6. The molecule has 0 aliphatic heterocycles. The van der Waals surface area contributed by atoms with Crippen LogP contribution in [0.5, 0.6) is 0 Å². The van der Waals surface area contributed by atoms with E-state index in [0.717, 1.165) is 0 Å². The minimum Gasteiger partial charge on any atom is -0.444 e. The summed E-state index contributed by atoms with van der Waals surface area (Å²) in [4.78, 5) is 20.6. The first kappa shape index (κ1) is 18.2. The third kappa shape index (κ3) is 4.42. The smallest absolute Gasteiger partial charge is 0.444 e. The number of fused-ring (bicyclic) bond motifs is 1. The van der Waals surface area contributed by atoms with E-state index in [4.69, 9.17) is 4.74 Å². The maximum atomic E-state index is 12.1. The van der Waals surface area contributed by atoms with E-state index < -0.39 is 24.9 Å². The van der Waals surface area contributed by atoms with E-state index in [0.29, 0.717) is 28.5 Å². The van der Waals surface area contributed by atoms with Gasteiger partial charge in [-0.1, -0.05) is 13.0 Å². The second kappa shape index (κ2) is 7.15. The van der Waals surface area contributed by atoms with Crippen LogP contribution < -0.4 is 10.8 Å². The second-order valence-corrected chi connectivity index (χ2v) is 6.51. The van der Waals surface area contributed by atoms with Crippen molar-refractivity contribution in [3.63, 3.8) is 0 Å². The number of rotatable bonds is 4. The highest BCUT2D eigenvalue weighted by Gasteiger charge is 2.23. The van der Waals surface area contributed by atoms with E-state index >= 15 is 0 Å². The van der Waals surface area contributed by atoms with Crippen molar-refractivity contribution >= 4 is 29.7 Å². The number of hydrogen-bond acceptors (Lipinski definition) is 6. The van der Waals surface area contributed by atoms with Crippen LogP contribution >= 0.6 is 0 Å². The fourth-order valence-corrected chi connectivity index (χ4v) is 2.39. The predicted molar refractivity (Wildman–Crippen MR) is 91.8 cm³/mol. The number of hydrogen-bond donors (Lipinski definition) is 3. The molecule has 1 amide bonds. The van der Waals surface area contributed by atoms with Crippen LogP contribution in [-0.2, 0) is 4.74 Å². The number of nitrogens with zero attached hydrogens (tertiary/aromatic N) is 2. The minimum absolute atomic E-state index is 0.294. The molecule has 0 radical (unpaired) electrons. The molecule has 1 aromatic carbocycles. The van der Waals surface area contributed by atoms with Crippen LogP contribution in [0.4, 0.5) is 4.79 Å². The molecule has 0 saturated heterocycles. The molecule has 0 fully saturated rings. The molecule has 0 aliphatic carbocycles. The summed E-state index contributed by atoms with van der Waals surface area (Å²) in [5.74, 6) is 0. The molecular weight excluding hydrogens is 309 g/mol. The molecule has 1 atom stereocenters. The molecule has 0 unspecified atom stereocenters. The third-order valence-corrected chi connectivity index (χ3v) is 3.40.